The number of pyridine rings is 1. The van der Waals surface area contributed by atoms with Crippen molar-refractivity contribution in [3.63, 3.8) is 0 Å². The molecule has 1 atom stereocenters. The molecular weight excluding hydrogens is 194 g/mol. The van der Waals surface area contributed by atoms with E-state index in [0.717, 1.165) is 11.3 Å². The van der Waals surface area contributed by atoms with Gasteiger partial charge in [0.15, 0.2) is 0 Å². The molecule has 1 aliphatic heterocycles. The molecule has 2 heterocycles. The molecule has 2 rings (SSSR count). The van der Waals surface area contributed by atoms with Gasteiger partial charge >= 0.3 is 6.09 Å². The van der Waals surface area contributed by atoms with Gasteiger partial charge in [-0.2, -0.15) is 0 Å². The largest absolute Gasteiger partial charge is 0.465 e. The molecular formula is C10H13N3O2. The van der Waals surface area contributed by atoms with E-state index in [-0.39, 0.29) is 6.04 Å². The molecule has 0 radical (unpaired) electrons. The quantitative estimate of drug-likeness (QED) is 0.667. The molecule has 1 aliphatic rings. The van der Waals surface area contributed by atoms with Gasteiger partial charge in [0, 0.05) is 18.2 Å². The smallest absolute Gasteiger partial charge is 0.407 e. The van der Waals surface area contributed by atoms with Crippen molar-refractivity contribution >= 4 is 11.9 Å². The number of carbonyl (C=O) groups is 1. The van der Waals surface area contributed by atoms with E-state index in [1.807, 2.05) is 13.0 Å². The number of nitrogens with two attached hydrogens (primary N) is 1. The number of aromatic nitrogens is 1. The van der Waals surface area contributed by atoms with Gasteiger partial charge in [-0.05, 0) is 18.6 Å². The molecule has 5 heteroatoms. The van der Waals surface area contributed by atoms with Crippen molar-refractivity contribution in [1.82, 2.24) is 9.88 Å². The third kappa shape index (κ3) is 1.72. The molecule has 80 valence electrons. The molecule has 1 aromatic heterocycles. The zero-order valence-corrected chi connectivity index (χ0v) is 8.47. The molecule has 0 saturated carbocycles. The Bertz CT molecular complexity index is 406. The molecule has 0 spiro atoms. The minimum Gasteiger partial charge on any atom is -0.465 e. The van der Waals surface area contributed by atoms with E-state index in [4.69, 9.17) is 10.8 Å². The Morgan fingerprint density at radius 3 is 3.07 bits per heavy atom. The summed E-state index contributed by atoms with van der Waals surface area (Å²) in [6.07, 6.45) is -0.253. The summed E-state index contributed by atoms with van der Waals surface area (Å²) in [5, 5.41) is 8.97. The Morgan fingerprint density at radius 2 is 2.40 bits per heavy atom. The van der Waals surface area contributed by atoms with E-state index in [2.05, 4.69) is 4.98 Å². The lowest BCUT2D eigenvalue weighted by Crippen LogP contribution is -2.42. The maximum atomic E-state index is 10.9. The van der Waals surface area contributed by atoms with E-state index in [9.17, 15) is 4.79 Å². The highest BCUT2D eigenvalue weighted by Crippen LogP contribution is 2.22. The van der Waals surface area contributed by atoms with E-state index < -0.39 is 6.09 Å². The molecule has 1 unspecified atom stereocenters. The van der Waals surface area contributed by atoms with Crippen LogP contribution in [-0.2, 0) is 13.0 Å². The van der Waals surface area contributed by atoms with E-state index in [1.54, 1.807) is 6.07 Å². The van der Waals surface area contributed by atoms with Crippen LogP contribution in [0, 0.1) is 0 Å². The predicted octanol–water partition coefficient (Wildman–Crippen LogP) is 1.09. The second kappa shape index (κ2) is 3.42. The van der Waals surface area contributed by atoms with Gasteiger partial charge in [-0.15, -0.1) is 0 Å². The second-order valence-corrected chi connectivity index (χ2v) is 3.81. The fourth-order valence-corrected chi connectivity index (χ4v) is 1.85. The summed E-state index contributed by atoms with van der Waals surface area (Å²) in [5.41, 5.74) is 7.45. The maximum Gasteiger partial charge on any atom is 0.407 e. The Labute approximate surface area is 87.5 Å². The highest BCUT2D eigenvalue weighted by molar-refractivity contribution is 5.66. The topological polar surface area (TPSA) is 79.5 Å². The van der Waals surface area contributed by atoms with Crippen LogP contribution < -0.4 is 5.73 Å². The van der Waals surface area contributed by atoms with Gasteiger partial charge < -0.3 is 15.7 Å². The lowest BCUT2D eigenvalue weighted by molar-refractivity contribution is 0.119. The Balaban J connectivity index is 2.33. The fraction of sp³-hybridized carbons (Fsp3) is 0.400. The minimum atomic E-state index is -0.884. The van der Waals surface area contributed by atoms with Gasteiger partial charge in [-0.1, -0.05) is 6.07 Å². The zero-order valence-electron chi connectivity index (χ0n) is 8.47. The predicted molar refractivity (Wildman–Crippen MR) is 55.4 cm³/mol. The summed E-state index contributed by atoms with van der Waals surface area (Å²) in [7, 11) is 0. The fourth-order valence-electron chi connectivity index (χ4n) is 1.85. The number of nitrogens with zero attached hydrogens (tertiary/aromatic N) is 2. The first-order valence-electron chi connectivity index (χ1n) is 4.82. The molecule has 15 heavy (non-hydrogen) atoms. The van der Waals surface area contributed by atoms with Gasteiger partial charge in [0.25, 0.3) is 0 Å². The standard InChI is InChI=1S/C10H13N3O2/c1-6-4-8-7(2-3-9(11)12-8)5-13(6)10(14)15/h2-3,6H,4-5H2,1H3,(H2,11,12)(H,14,15). The lowest BCUT2D eigenvalue weighted by atomic mass is 10.0. The molecule has 0 fully saturated rings. The van der Waals surface area contributed by atoms with Crippen molar-refractivity contribution in [1.29, 1.82) is 0 Å². The van der Waals surface area contributed by atoms with Crippen molar-refractivity contribution < 1.29 is 9.90 Å². The van der Waals surface area contributed by atoms with Crippen molar-refractivity contribution in [3.05, 3.63) is 23.4 Å². The number of hydrogen-bond donors (Lipinski definition) is 2. The van der Waals surface area contributed by atoms with Crippen molar-refractivity contribution in [2.45, 2.75) is 25.9 Å². The summed E-state index contributed by atoms with van der Waals surface area (Å²) >= 11 is 0. The van der Waals surface area contributed by atoms with Gasteiger partial charge in [0.1, 0.15) is 5.82 Å². The summed E-state index contributed by atoms with van der Waals surface area (Å²) in [6, 6.07) is 3.51. The maximum absolute atomic E-state index is 10.9. The van der Waals surface area contributed by atoms with Crippen LogP contribution in [0.15, 0.2) is 12.1 Å². The highest BCUT2D eigenvalue weighted by atomic mass is 16.4. The number of rotatable bonds is 0. The number of anilines is 1. The molecule has 3 N–H and O–H groups in total. The highest BCUT2D eigenvalue weighted by Gasteiger charge is 2.27. The summed E-state index contributed by atoms with van der Waals surface area (Å²) in [6.45, 7) is 2.28. The van der Waals surface area contributed by atoms with Crippen LogP contribution >= 0.6 is 0 Å². The molecule has 1 aromatic rings. The third-order valence-electron chi connectivity index (χ3n) is 2.70. The molecule has 5 nitrogen and oxygen atoms in total. The number of fused-ring (bicyclic) bond motifs is 1. The first kappa shape index (κ1) is 9.76. The van der Waals surface area contributed by atoms with Gasteiger partial charge in [-0.3, -0.25) is 0 Å². The summed E-state index contributed by atoms with van der Waals surface area (Å²) in [4.78, 5) is 16.6. The van der Waals surface area contributed by atoms with Crippen LogP contribution in [0.5, 0.6) is 0 Å². The van der Waals surface area contributed by atoms with E-state index in [0.29, 0.717) is 18.8 Å². The molecule has 0 saturated heterocycles. The Kier molecular flexibility index (Phi) is 2.22. The van der Waals surface area contributed by atoms with Crippen LogP contribution in [0.4, 0.5) is 10.6 Å². The lowest BCUT2D eigenvalue weighted by Gasteiger charge is -2.31. The van der Waals surface area contributed by atoms with Crippen molar-refractivity contribution in [2.24, 2.45) is 0 Å². The number of carboxylic acid groups (broad SMARTS) is 1. The SMILES string of the molecule is CC1Cc2nc(N)ccc2CN1C(=O)O. The summed E-state index contributed by atoms with van der Waals surface area (Å²) in [5.74, 6) is 0.490. The van der Waals surface area contributed by atoms with Crippen LogP contribution in [0.25, 0.3) is 0 Å². The molecule has 1 amide bonds. The molecule has 0 aromatic carbocycles. The van der Waals surface area contributed by atoms with Crippen LogP contribution in [0.1, 0.15) is 18.2 Å². The molecule has 0 bridgehead atoms. The molecule has 0 aliphatic carbocycles. The Morgan fingerprint density at radius 1 is 1.67 bits per heavy atom. The number of hydrogen-bond acceptors (Lipinski definition) is 3. The van der Waals surface area contributed by atoms with Crippen LogP contribution in [0.2, 0.25) is 0 Å². The third-order valence-corrected chi connectivity index (χ3v) is 2.70. The first-order chi connectivity index (χ1) is 7.08. The van der Waals surface area contributed by atoms with Crippen LogP contribution in [-0.4, -0.2) is 27.1 Å². The average Bonchev–Trinajstić information content (AvgIpc) is 2.15. The Hall–Kier alpha value is -1.78. The van der Waals surface area contributed by atoms with Crippen molar-refractivity contribution in [2.75, 3.05) is 5.73 Å². The van der Waals surface area contributed by atoms with Crippen LogP contribution in [0.3, 0.4) is 0 Å². The van der Waals surface area contributed by atoms with Gasteiger partial charge in [0.05, 0.1) is 6.54 Å². The van der Waals surface area contributed by atoms with Gasteiger partial charge in [0.2, 0.25) is 0 Å². The zero-order chi connectivity index (χ0) is 11.0. The first-order valence-corrected chi connectivity index (χ1v) is 4.82. The van der Waals surface area contributed by atoms with Crippen molar-refractivity contribution in [3.8, 4) is 0 Å². The summed E-state index contributed by atoms with van der Waals surface area (Å²) < 4.78 is 0. The number of amides is 1. The second-order valence-electron chi connectivity index (χ2n) is 3.81. The average molecular weight is 207 g/mol. The van der Waals surface area contributed by atoms with E-state index in [1.165, 1.54) is 4.90 Å². The normalized spacial score (nSPS) is 19.8. The monoisotopic (exact) mass is 207 g/mol. The van der Waals surface area contributed by atoms with Gasteiger partial charge in [-0.25, -0.2) is 9.78 Å². The minimum absolute atomic E-state index is 0.0377. The number of nitrogen functional groups attached to an aromatic ring is 1. The van der Waals surface area contributed by atoms with E-state index >= 15 is 0 Å².